The standard InChI is InChI=1S/C20H18N2/c1-13-7-6-8-14(2)19(13)18-11-21-20-17-10-5-4-9-16(17)15(3)12-22(18)20/h4-12H,1-3H3. The maximum absolute atomic E-state index is 4.71. The van der Waals surface area contributed by atoms with Crippen molar-refractivity contribution in [2.75, 3.05) is 0 Å². The highest BCUT2D eigenvalue weighted by atomic mass is 15.0. The van der Waals surface area contributed by atoms with Crippen molar-refractivity contribution < 1.29 is 0 Å². The zero-order valence-corrected chi connectivity index (χ0v) is 13.1. The SMILES string of the molecule is Cc1cccc(C)c1-c1cnc2c3ccccc3c(C)cn12. The van der Waals surface area contributed by atoms with E-state index in [4.69, 9.17) is 4.98 Å². The Hall–Kier alpha value is -2.61. The number of fused-ring (bicyclic) bond motifs is 3. The molecule has 0 unspecified atom stereocenters. The van der Waals surface area contributed by atoms with Gasteiger partial charge in [0.2, 0.25) is 0 Å². The maximum atomic E-state index is 4.71. The lowest BCUT2D eigenvalue weighted by atomic mass is 10.0. The molecular formula is C20H18N2. The molecule has 0 saturated carbocycles. The molecule has 22 heavy (non-hydrogen) atoms. The quantitative estimate of drug-likeness (QED) is 0.477. The molecule has 0 fully saturated rings. The van der Waals surface area contributed by atoms with Crippen molar-refractivity contribution in [3.8, 4) is 11.3 Å². The predicted molar refractivity (Wildman–Crippen MR) is 92.3 cm³/mol. The van der Waals surface area contributed by atoms with E-state index >= 15 is 0 Å². The average Bonchev–Trinajstić information content (AvgIpc) is 2.91. The molecule has 0 bridgehead atoms. The summed E-state index contributed by atoms with van der Waals surface area (Å²) in [5.41, 5.74) is 7.32. The van der Waals surface area contributed by atoms with Crippen molar-refractivity contribution in [1.82, 2.24) is 9.38 Å². The largest absolute Gasteiger partial charge is 0.299 e. The third-order valence-corrected chi connectivity index (χ3v) is 4.45. The van der Waals surface area contributed by atoms with E-state index in [9.17, 15) is 0 Å². The van der Waals surface area contributed by atoms with Crippen LogP contribution in [0.25, 0.3) is 27.7 Å². The molecule has 2 aromatic carbocycles. The van der Waals surface area contributed by atoms with Gasteiger partial charge in [0, 0.05) is 17.1 Å². The molecule has 0 N–H and O–H groups in total. The topological polar surface area (TPSA) is 17.3 Å². The second kappa shape index (κ2) is 4.70. The lowest BCUT2D eigenvalue weighted by Crippen LogP contribution is -1.95. The molecule has 2 aromatic heterocycles. The van der Waals surface area contributed by atoms with Crippen LogP contribution in [0.15, 0.2) is 54.9 Å². The molecule has 0 amide bonds. The number of pyridine rings is 1. The molecule has 108 valence electrons. The van der Waals surface area contributed by atoms with E-state index in [0.29, 0.717) is 0 Å². The highest BCUT2D eigenvalue weighted by molar-refractivity contribution is 5.97. The van der Waals surface area contributed by atoms with Crippen molar-refractivity contribution in [1.29, 1.82) is 0 Å². The molecule has 2 heterocycles. The monoisotopic (exact) mass is 286 g/mol. The number of aromatic nitrogens is 2. The van der Waals surface area contributed by atoms with E-state index in [2.05, 4.69) is 73.8 Å². The van der Waals surface area contributed by atoms with Crippen LogP contribution in [-0.4, -0.2) is 9.38 Å². The van der Waals surface area contributed by atoms with Gasteiger partial charge in [-0.05, 0) is 42.8 Å². The van der Waals surface area contributed by atoms with Gasteiger partial charge in [0.25, 0.3) is 0 Å². The van der Waals surface area contributed by atoms with E-state index < -0.39 is 0 Å². The van der Waals surface area contributed by atoms with Gasteiger partial charge in [0.05, 0.1) is 11.9 Å². The number of nitrogens with zero attached hydrogens (tertiary/aromatic N) is 2. The van der Waals surface area contributed by atoms with Crippen LogP contribution < -0.4 is 0 Å². The summed E-state index contributed by atoms with van der Waals surface area (Å²) in [6.07, 6.45) is 4.20. The minimum absolute atomic E-state index is 1.03. The molecule has 0 aliphatic rings. The van der Waals surface area contributed by atoms with Gasteiger partial charge in [-0.3, -0.25) is 4.40 Å². The van der Waals surface area contributed by atoms with Gasteiger partial charge in [-0.15, -0.1) is 0 Å². The summed E-state index contributed by atoms with van der Waals surface area (Å²) < 4.78 is 2.23. The van der Waals surface area contributed by atoms with Crippen LogP contribution in [0, 0.1) is 20.8 Å². The summed E-state index contributed by atoms with van der Waals surface area (Å²) >= 11 is 0. The minimum Gasteiger partial charge on any atom is -0.299 e. The third kappa shape index (κ3) is 1.77. The van der Waals surface area contributed by atoms with E-state index in [1.54, 1.807) is 0 Å². The summed E-state index contributed by atoms with van der Waals surface area (Å²) in [7, 11) is 0. The fourth-order valence-corrected chi connectivity index (χ4v) is 3.38. The molecule has 2 nitrogen and oxygen atoms in total. The molecule has 2 heteroatoms. The van der Waals surface area contributed by atoms with Crippen molar-refractivity contribution in [3.63, 3.8) is 0 Å². The van der Waals surface area contributed by atoms with Gasteiger partial charge in [0.1, 0.15) is 5.65 Å². The Bertz CT molecular complexity index is 989. The lowest BCUT2D eigenvalue weighted by molar-refractivity contribution is 1.17. The van der Waals surface area contributed by atoms with Crippen molar-refractivity contribution in [2.24, 2.45) is 0 Å². The average molecular weight is 286 g/mol. The molecule has 4 rings (SSSR count). The maximum Gasteiger partial charge on any atom is 0.145 e. The van der Waals surface area contributed by atoms with Gasteiger partial charge >= 0.3 is 0 Å². The van der Waals surface area contributed by atoms with E-state index in [-0.39, 0.29) is 0 Å². The minimum atomic E-state index is 1.03. The smallest absolute Gasteiger partial charge is 0.145 e. The van der Waals surface area contributed by atoms with Crippen molar-refractivity contribution in [3.05, 3.63) is 71.5 Å². The molecule has 0 aliphatic heterocycles. The summed E-state index contributed by atoms with van der Waals surface area (Å²) in [6.45, 7) is 6.49. The molecule has 0 atom stereocenters. The van der Waals surface area contributed by atoms with Gasteiger partial charge in [-0.2, -0.15) is 0 Å². The fraction of sp³-hybridized carbons (Fsp3) is 0.150. The van der Waals surface area contributed by atoms with Crippen molar-refractivity contribution >= 4 is 16.4 Å². The Morgan fingerprint density at radius 2 is 1.45 bits per heavy atom. The summed E-state index contributed by atoms with van der Waals surface area (Å²) in [5.74, 6) is 0. The molecular weight excluding hydrogens is 268 g/mol. The van der Waals surface area contributed by atoms with E-state index in [1.165, 1.54) is 38.7 Å². The Morgan fingerprint density at radius 1 is 0.773 bits per heavy atom. The van der Waals surface area contributed by atoms with Crippen LogP contribution in [0.2, 0.25) is 0 Å². The Morgan fingerprint density at radius 3 is 2.18 bits per heavy atom. The van der Waals surface area contributed by atoms with Crippen LogP contribution in [0.1, 0.15) is 16.7 Å². The summed E-state index contributed by atoms with van der Waals surface area (Å²) in [4.78, 5) is 4.71. The molecule has 0 aliphatic carbocycles. The first-order valence-corrected chi connectivity index (χ1v) is 7.59. The normalized spacial score (nSPS) is 11.4. The number of rotatable bonds is 1. The zero-order chi connectivity index (χ0) is 15.3. The van der Waals surface area contributed by atoms with E-state index in [1.807, 2.05) is 6.20 Å². The first-order valence-electron chi connectivity index (χ1n) is 7.59. The van der Waals surface area contributed by atoms with Crippen LogP contribution in [0.4, 0.5) is 0 Å². The first-order chi connectivity index (χ1) is 10.7. The Kier molecular flexibility index (Phi) is 2.80. The predicted octanol–water partition coefficient (Wildman–Crippen LogP) is 5.08. The second-order valence-corrected chi connectivity index (χ2v) is 5.96. The van der Waals surface area contributed by atoms with E-state index in [0.717, 1.165) is 5.65 Å². The number of imidazole rings is 1. The van der Waals surface area contributed by atoms with Gasteiger partial charge in [0.15, 0.2) is 0 Å². The molecule has 0 radical (unpaired) electrons. The van der Waals surface area contributed by atoms with Crippen LogP contribution in [0.5, 0.6) is 0 Å². The number of aryl methyl sites for hydroxylation is 3. The van der Waals surface area contributed by atoms with Crippen LogP contribution >= 0.6 is 0 Å². The highest BCUT2D eigenvalue weighted by Crippen LogP contribution is 2.31. The highest BCUT2D eigenvalue weighted by Gasteiger charge is 2.13. The summed E-state index contributed by atoms with van der Waals surface area (Å²) in [6, 6.07) is 14.9. The molecule has 0 spiro atoms. The first kappa shape index (κ1) is 13.1. The van der Waals surface area contributed by atoms with Crippen LogP contribution in [0.3, 0.4) is 0 Å². The molecule has 0 saturated heterocycles. The fourth-order valence-electron chi connectivity index (χ4n) is 3.38. The number of hydrogen-bond acceptors (Lipinski definition) is 1. The third-order valence-electron chi connectivity index (χ3n) is 4.45. The van der Waals surface area contributed by atoms with Gasteiger partial charge < -0.3 is 0 Å². The molecule has 4 aromatic rings. The van der Waals surface area contributed by atoms with Gasteiger partial charge in [-0.25, -0.2) is 4.98 Å². The Labute approximate surface area is 130 Å². The lowest BCUT2D eigenvalue weighted by Gasteiger charge is -2.11. The van der Waals surface area contributed by atoms with Crippen molar-refractivity contribution in [2.45, 2.75) is 20.8 Å². The second-order valence-electron chi connectivity index (χ2n) is 5.96. The van der Waals surface area contributed by atoms with Gasteiger partial charge in [-0.1, -0.05) is 42.5 Å². The van der Waals surface area contributed by atoms with Crippen LogP contribution in [-0.2, 0) is 0 Å². The number of hydrogen-bond donors (Lipinski definition) is 0. The zero-order valence-electron chi connectivity index (χ0n) is 13.1. The number of benzene rings is 2. The summed E-state index contributed by atoms with van der Waals surface area (Å²) in [5, 5.41) is 2.48. The Balaban J connectivity index is 2.14.